The molecule has 1 radical (unpaired) electrons. The normalized spacial score (nSPS) is 11.6. The third kappa shape index (κ3) is 6.73. The summed E-state index contributed by atoms with van der Waals surface area (Å²) in [6, 6.07) is 28.8. The minimum Gasteiger partial charge on any atom is -0.499 e. The van der Waals surface area contributed by atoms with Gasteiger partial charge in [0.15, 0.2) is 0 Å². The summed E-state index contributed by atoms with van der Waals surface area (Å²) in [6.45, 7) is 15.7. The van der Waals surface area contributed by atoms with Crippen LogP contribution >= 0.6 is 0 Å². The first kappa shape index (κ1) is 30.5. The van der Waals surface area contributed by atoms with Gasteiger partial charge < -0.3 is 14.4 Å². The average Bonchev–Trinajstić information content (AvgIpc) is 3.32. The SMILES string of the molecule is CC(C)(C)c1ccnc(-c2[c-]cc([Si](C)(C)C)c3c2oc2cccnc23)c1.Cc1ccc(-c2[c-]cccc2)nc1.[Ir]. The maximum Gasteiger partial charge on any atom is 0.139 e. The zero-order chi connectivity index (χ0) is 28.5. The van der Waals surface area contributed by atoms with Gasteiger partial charge in [-0.1, -0.05) is 64.2 Å². The molecule has 0 saturated heterocycles. The van der Waals surface area contributed by atoms with Crippen LogP contribution in [-0.4, -0.2) is 23.0 Å². The van der Waals surface area contributed by atoms with E-state index in [-0.39, 0.29) is 25.5 Å². The monoisotopic (exact) mass is 734 g/mol. The number of aromatic nitrogens is 3. The Balaban J connectivity index is 0.000000233. The van der Waals surface area contributed by atoms with Gasteiger partial charge in [-0.15, -0.1) is 53.2 Å². The fraction of sp³-hybridized carbons (Fsp3) is 0.229. The van der Waals surface area contributed by atoms with Crippen molar-refractivity contribution in [2.75, 3.05) is 0 Å². The average molecular weight is 734 g/mol. The standard InChI is InChI=1S/C23H25N2OSi.C12H10N.Ir/c1-23(2,3)15-11-13-24-17(14-15)16-9-10-19(27(4,5)6)20-21-18(26-22(16)20)8-7-12-25-21;1-10-7-8-12(13-9-10)11-5-3-2-4-6-11;/h7-8,10-14H,1-6H3;2-5,7-9H,1H3;/q2*-1;. The molecule has 41 heavy (non-hydrogen) atoms. The number of aryl methyl sites for hydroxylation is 1. The molecule has 0 N–H and O–H groups in total. The Morgan fingerprint density at radius 3 is 2.29 bits per heavy atom. The van der Waals surface area contributed by atoms with Crippen LogP contribution in [0.25, 0.3) is 44.6 Å². The van der Waals surface area contributed by atoms with Gasteiger partial charge in [-0.2, -0.15) is 0 Å². The second-order valence-electron chi connectivity index (χ2n) is 12.2. The molecule has 4 heterocycles. The summed E-state index contributed by atoms with van der Waals surface area (Å²) in [5, 5.41) is 2.45. The molecule has 211 valence electrons. The first-order chi connectivity index (χ1) is 19.0. The second kappa shape index (κ2) is 12.2. The zero-order valence-electron chi connectivity index (χ0n) is 24.7. The number of hydrogen-bond acceptors (Lipinski definition) is 4. The van der Waals surface area contributed by atoms with Crippen LogP contribution in [-0.2, 0) is 25.5 Å². The fourth-order valence-electron chi connectivity index (χ4n) is 4.63. The Kier molecular flexibility index (Phi) is 9.08. The Morgan fingerprint density at radius 2 is 1.63 bits per heavy atom. The molecule has 0 unspecified atom stereocenters. The Labute approximate surface area is 257 Å². The van der Waals surface area contributed by atoms with Crippen LogP contribution in [0.2, 0.25) is 19.6 Å². The quantitative estimate of drug-likeness (QED) is 0.135. The molecule has 0 aliphatic heterocycles. The number of rotatable bonds is 3. The van der Waals surface area contributed by atoms with Crippen molar-refractivity contribution in [3.8, 4) is 22.5 Å². The van der Waals surface area contributed by atoms with Gasteiger partial charge in [0.25, 0.3) is 0 Å². The van der Waals surface area contributed by atoms with E-state index in [0.717, 1.165) is 44.6 Å². The van der Waals surface area contributed by atoms with Crippen LogP contribution < -0.4 is 5.19 Å². The van der Waals surface area contributed by atoms with Gasteiger partial charge in [0.05, 0.1) is 11.1 Å². The molecule has 0 atom stereocenters. The van der Waals surface area contributed by atoms with E-state index in [1.54, 1.807) is 0 Å². The number of benzene rings is 2. The van der Waals surface area contributed by atoms with Crippen molar-refractivity contribution in [2.24, 2.45) is 0 Å². The van der Waals surface area contributed by atoms with Gasteiger partial charge in [-0.25, -0.2) is 0 Å². The number of nitrogens with zero attached hydrogens (tertiary/aromatic N) is 3. The molecule has 6 rings (SSSR count). The van der Waals surface area contributed by atoms with Crippen LogP contribution in [0.1, 0.15) is 31.9 Å². The minimum atomic E-state index is -1.60. The summed E-state index contributed by atoms with van der Waals surface area (Å²) in [7, 11) is -1.60. The molecule has 0 saturated carbocycles. The molecule has 0 amide bonds. The molecule has 2 aromatic carbocycles. The second-order valence-corrected chi connectivity index (χ2v) is 17.2. The van der Waals surface area contributed by atoms with Crippen molar-refractivity contribution in [3.05, 3.63) is 109 Å². The summed E-state index contributed by atoms with van der Waals surface area (Å²) >= 11 is 0. The van der Waals surface area contributed by atoms with Crippen LogP contribution in [0.15, 0.2) is 89.7 Å². The first-order valence-corrected chi connectivity index (χ1v) is 17.1. The predicted octanol–water partition coefficient (Wildman–Crippen LogP) is 8.54. The van der Waals surface area contributed by atoms with E-state index in [1.165, 1.54) is 16.3 Å². The summed E-state index contributed by atoms with van der Waals surface area (Å²) < 4.78 is 6.29. The Hall–Kier alpha value is -3.44. The van der Waals surface area contributed by atoms with E-state index in [4.69, 9.17) is 4.42 Å². The summed E-state index contributed by atoms with van der Waals surface area (Å²) in [5.41, 5.74) is 8.93. The Bertz CT molecular complexity index is 1770. The van der Waals surface area contributed by atoms with Crippen molar-refractivity contribution in [1.29, 1.82) is 0 Å². The number of fused-ring (bicyclic) bond motifs is 3. The maximum absolute atomic E-state index is 6.29. The van der Waals surface area contributed by atoms with E-state index in [9.17, 15) is 0 Å². The molecule has 0 aliphatic carbocycles. The smallest absolute Gasteiger partial charge is 0.139 e. The van der Waals surface area contributed by atoms with E-state index in [0.29, 0.717) is 0 Å². The summed E-state index contributed by atoms with van der Waals surface area (Å²) in [5.74, 6) is 0. The molecule has 0 spiro atoms. The van der Waals surface area contributed by atoms with Gasteiger partial charge in [-0.3, -0.25) is 4.98 Å². The minimum absolute atomic E-state index is 0. The van der Waals surface area contributed by atoms with Gasteiger partial charge in [0, 0.05) is 46.8 Å². The van der Waals surface area contributed by atoms with Crippen molar-refractivity contribution in [1.82, 2.24) is 15.0 Å². The van der Waals surface area contributed by atoms with Crippen molar-refractivity contribution in [2.45, 2.75) is 52.8 Å². The molecule has 6 heteroatoms. The van der Waals surface area contributed by atoms with E-state index < -0.39 is 8.07 Å². The van der Waals surface area contributed by atoms with Crippen molar-refractivity contribution < 1.29 is 24.5 Å². The van der Waals surface area contributed by atoms with Crippen LogP contribution in [0.3, 0.4) is 0 Å². The molecule has 4 nitrogen and oxygen atoms in total. The van der Waals surface area contributed by atoms with Crippen molar-refractivity contribution in [3.63, 3.8) is 0 Å². The maximum atomic E-state index is 6.29. The van der Waals surface area contributed by atoms with Gasteiger partial charge in [0.1, 0.15) is 5.58 Å². The third-order valence-electron chi connectivity index (χ3n) is 6.89. The first-order valence-electron chi connectivity index (χ1n) is 13.6. The fourth-order valence-corrected chi connectivity index (χ4v) is 6.12. The Morgan fingerprint density at radius 1 is 0.829 bits per heavy atom. The largest absolute Gasteiger partial charge is 0.499 e. The van der Waals surface area contributed by atoms with Gasteiger partial charge >= 0.3 is 0 Å². The summed E-state index contributed by atoms with van der Waals surface area (Å²) in [6.07, 6.45) is 5.58. The zero-order valence-corrected chi connectivity index (χ0v) is 28.1. The van der Waals surface area contributed by atoms with Gasteiger partial charge in [-0.05, 0) is 58.4 Å². The molecular weight excluding hydrogens is 699 g/mol. The molecule has 0 fully saturated rings. The van der Waals surface area contributed by atoms with E-state index in [1.807, 2.05) is 68.0 Å². The number of hydrogen-bond donors (Lipinski definition) is 0. The van der Waals surface area contributed by atoms with E-state index in [2.05, 4.69) is 91.8 Å². The molecule has 0 bridgehead atoms. The van der Waals surface area contributed by atoms with Crippen LogP contribution in [0.4, 0.5) is 0 Å². The predicted molar refractivity (Wildman–Crippen MR) is 169 cm³/mol. The van der Waals surface area contributed by atoms with Crippen LogP contribution in [0, 0.1) is 19.1 Å². The molecule has 0 aliphatic rings. The summed E-state index contributed by atoms with van der Waals surface area (Å²) in [4.78, 5) is 13.6. The molecular formula is C35H35IrN3OSi-2. The third-order valence-corrected chi connectivity index (χ3v) is 8.90. The topological polar surface area (TPSA) is 51.8 Å². The molecule has 6 aromatic rings. The van der Waals surface area contributed by atoms with Gasteiger partial charge in [0.2, 0.25) is 0 Å². The number of pyridine rings is 3. The van der Waals surface area contributed by atoms with Crippen molar-refractivity contribution >= 4 is 35.3 Å². The number of furan rings is 1. The van der Waals surface area contributed by atoms with E-state index >= 15 is 0 Å². The van der Waals surface area contributed by atoms with Crippen LogP contribution in [0.5, 0.6) is 0 Å². The molecule has 4 aromatic heterocycles.